The summed E-state index contributed by atoms with van der Waals surface area (Å²) in [6.07, 6.45) is 14.0. The van der Waals surface area contributed by atoms with E-state index in [-0.39, 0.29) is 6.42 Å². The maximum atomic E-state index is 10.2. The van der Waals surface area contributed by atoms with Gasteiger partial charge in [0.1, 0.15) is 0 Å². The summed E-state index contributed by atoms with van der Waals surface area (Å²) in [6, 6.07) is 0. The van der Waals surface area contributed by atoms with Crippen molar-refractivity contribution in [1.82, 2.24) is 0 Å². The fraction of sp³-hybridized carbons (Fsp3) is 0.769. The Bertz CT molecular complexity index is 173. The second-order valence-electron chi connectivity index (χ2n) is 3.96. The number of allylic oxidation sites excluding steroid dienone is 2. The highest BCUT2D eigenvalue weighted by molar-refractivity contribution is 5.66. The minimum absolute atomic E-state index is 0.257. The largest absolute Gasteiger partial charge is 0.481 e. The summed E-state index contributed by atoms with van der Waals surface area (Å²) in [5, 5.41) is 8.40. The van der Waals surface area contributed by atoms with Gasteiger partial charge in [-0.15, -0.1) is 0 Å². The van der Waals surface area contributed by atoms with E-state index in [0.717, 1.165) is 6.42 Å². The molecule has 1 N–H and O–H groups in total. The van der Waals surface area contributed by atoms with Gasteiger partial charge in [-0.3, -0.25) is 4.79 Å². The van der Waals surface area contributed by atoms with Crippen molar-refractivity contribution in [3.8, 4) is 0 Å². The second-order valence-corrected chi connectivity index (χ2v) is 3.96. The van der Waals surface area contributed by atoms with Crippen LogP contribution in [-0.4, -0.2) is 11.1 Å². The van der Waals surface area contributed by atoms with Gasteiger partial charge in [-0.1, -0.05) is 51.2 Å². The highest BCUT2D eigenvalue weighted by atomic mass is 16.4. The van der Waals surface area contributed by atoms with Crippen molar-refractivity contribution < 1.29 is 9.90 Å². The van der Waals surface area contributed by atoms with Gasteiger partial charge in [0.2, 0.25) is 0 Å². The number of aliphatic carboxylic acids is 1. The van der Waals surface area contributed by atoms with E-state index in [1.165, 1.54) is 38.5 Å². The molecule has 0 rings (SSSR count). The Morgan fingerprint density at radius 3 is 2.27 bits per heavy atom. The first kappa shape index (κ1) is 14.2. The van der Waals surface area contributed by atoms with E-state index in [0.29, 0.717) is 6.42 Å². The number of carbonyl (C=O) groups is 1. The van der Waals surface area contributed by atoms with Crippen LogP contribution in [-0.2, 0) is 4.79 Å². The van der Waals surface area contributed by atoms with Gasteiger partial charge in [-0.2, -0.15) is 0 Å². The average molecular weight is 212 g/mol. The van der Waals surface area contributed by atoms with Gasteiger partial charge in [0, 0.05) is 6.42 Å². The Balaban J connectivity index is 3.06. The van der Waals surface area contributed by atoms with Crippen LogP contribution in [0.2, 0.25) is 0 Å². The lowest BCUT2D eigenvalue weighted by atomic mass is 10.1. The Morgan fingerprint density at radius 2 is 1.60 bits per heavy atom. The number of carboxylic acids is 1. The molecule has 0 aromatic carbocycles. The lowest BCUT2D eigenvalue weighted by Gasteiger charge is -1.97. The fourth-order valence-corrected chi connectivity index (χ4v) is 1.49. The summed E-state index contributed by atoms with van der Waals surface area (Å²) in [6.45, 7) is 2.23. The van der Waals surface area contributed by atoms with Crippen LogP contribution < -0.4 is 0 Å². The lowest BCUT2D eigenvalue weighted by Crippen LogP contribution is -1.91. The highest BCUT2D eigenvalue weighted by Gasteiger charge is 1.91. The molecular weight excluding hydrogens is 188 g/mol. The topological polar surface area (TPSA) is 37.3 Å². The summed E-state index contributed by atoms with van der Waals surface area (Å²) in [5.41, 5.74) is 0. The molecule has 0 aliphatic rings. The second kappa shape index (κ2) is 11.3. The predicted molar refractivity (Wildman–Crippen MR) is 64.0 cm³/mol. The Labute approximate surface area is 93.4 Å². The molecular formula is C13H24O2. The average Bonchev–Trinajstić information content (AvgIpc) is 2.20. The van der Waals surface area contributed by atoms with E-state index < -0.39 is 5.97 Å². The number of rotatable bonds is 10. The van der Waals surface area contributed by atoms with E-state index in [1.807, 2.05) is 6.08 Å². The monoisotopic (exact) mass is 212 g/mol. The first-order chi connectivity index (χ1) is 7.27. The number of carboxylic acid groups (broad SMARTS) is 1. The molecule has 0 bridgehead atoms. The first-order valence-electron chi connectivity index (χ1n) is 6.14. The third kappa shape index (κ3) is 13.2. The zero-order valence-electron chi connectivity index (χ0n) is 9.87. The van der Waals surface area contributed by atoms with E-state index in [2.05, 4.69) is 13.0 Å². The smallest absolute Gasteiger partial charge is 0.303 e. The normalized spacial score (nSPS) is 11.0. The number of hydrogen-bond donors (Lipinski definition) is 1. The molecule has 0 atom stereocenters. The van der Waals surface area contributed by atoms with Crippen molar-refractivity contribution in [2.75, 3.05) is 0 Å². The van der Waals surface area contributed by atoms with Crippen molar-refractivity contribution in [2.45, 2.75) is 64.7 Å². The van der Waals surface area contributed by atoms with Crippen molar-refractivity contribution in [3.05, 3.63) is 12.2 Å². The van der Waals surface area contributed by atoms with Crippen LogP contribution in [0.25, 0.3) is 0 Å². The fourth-order valence-electron chi connectivity index (χ4n) is 1.49. The SMILES string of the molecule is CCCCCCCC/C=C\CCC(=O)O. The molecule has 0 heterocycles. The molecule has 0 aromatic heterocycles. The van der Waals surface area contributed by atoms with Crippen molar-refractivity contribution in [3.63, 3.8) is 0 Å². The molecule has 0 amide bonds. The van der Waals surface area contributed by atoms with Crippen molar-refractivity contribution in [1.29, 1.82) is 0 Å². The minimum atomic E-state index is -0.709. The summed E-state index contributed by atoms with van der Waals surface area (Å²) in [5.74, 6) is -0.709. The standard InChI is InChI=1S/C13H24O2/c1-2-3-4-5-6-7-8-9-10-11-12-13(14)15/h9-10H,2-8,11-12H2,1H3,(H,14,15)/b10-9-. The minimum Gasteiger partial charge on any atom is -0.481 e. The maximum absolute atomic E-state index is 10.2. The van der Waals surface area contributed by atoms with E-state index in [1.54, 1.807) is 0 Å². The van der Waals surface area contributed by atoms with Gasteiger partial charge >= 0.3 is 5.97 Å². The molecule has 2 heteroatoms. The zero-order valence-corrected chi connectivity index (χ0v) is 9.87. The van der Waals surface area contributed by atoms with Crippen LogP contribution in [0.5, 0.6) is 0 Å². The Hall–Kier alpha value is -0.790. The van der Waals surface area contributed by atoms with E-state index in [4.69, 9.17) is 5.11 Å². The number of unbranched alkanes of at least 4 members (excludes halogenated alkanes) is 6. The third-order valence-electron chi connectivity index (χ3n) is 2.42. The molecule has 0 saturated heterocycles. The Kier molecular flexibility index (Phi) is 10.7. The molecule has 15 heavy (non-hydrogen) atoms. The van der Waals surface area contributed by atoms with Crippen LogP contribution in [0.3, 0.4) is 0 Å². The Morgan fingerprint density at radius 1 is 1.00 bits per heavy atom. The van der Waals surface area contributed by atoms with Gasteiger partial charge in [0.25, 0.3) is 0 Å². The summed E-state index contributed by atoms with van der Waals surface area (Å²) >= 11 is 0. The van der Waals surface area contributed by atoms with Crippen molar-refractivity contribution >= 4 is 5.97 Å². The molecule has 0 fully saturated rings. The first-order valence-corrected chi connectivity index (χ1v) is 6.14. The van der Waals surface area contributed by atoms with Gasteiger partial charge < -0.3 is 5.11 Å². The van der Waals surface area contributed by atoms with E-state index >= 15 is 0 Å². The van der Waals surface area contributed by atoms with Gasteiger partial charge in [0.15, 0.2) is 0 Å². The molecule has 0 aliphatic heterocycles. The summed E-state index contributed by atoms with van der Waals surface area (Å²) in [4.78, 5) is 10.2. The zero-order chi connectivity index (χ0) is 11.4. The lowest BCUT2D eigenvalue weighted by molar-refractivity contribution is -0.136. The van der Waals surface area contributed by atoms with Gasteiger partial charge in [0.05, 0.1) is 0 Å². The van der Waals surface area contributed by atoms with Crippen LogP contribution in [0.4, 0.5) is 0 Å². The van der Waals surface area contributed by atoms with Crippen LogP contribution in [0.1, 0.15) is 64.7 Å². The predicted octanol–water partition coefficient (Wildman–Crippen LogP) is 4.16. The number of hydrogen-bond acceptors (Lipinski definition) is 1. The molecule has 2 nitrogen and oxygen atoms in total. The van der Waals surface area contributed by atoms with Crippen LogP contribution >= 0.6 is 0 Å². The quantitative estimate of drug-likeness (QED) is 0.436. The van der Waals surface area contributed by atoms with Crippen molar-refractivity contribution in [2.24, 2.45) is 0 Å². The summed E-state index contributed by atoms with van der Waals surface area (Å²) in [7, 11) is 0. The molecule has 0 aliphatic carbocycles. The maximum Gasteiger partial charge on any atom is 0.303 e. The van der Waals surface area contributed by atoms with Crippen LogP contribution in [0.15, 0.2) is 12.2 Å². The van der Waals surface area contributed by atoms with Gasteiger partial charge in [-0.25, -0.2) is 0 Å². The molecule has 0 spiro atoms. The highest BCUT2D eigenvalue weighted by Crippen LogP contribution is 2.07. The molecule has 0 unspecified atom stereocenters. The van der Waals surface area contributed by atoms with Crippen LogP contribution in [0, 0.1) is 0 Å². The molecule has 0 saturated carbocycles. The van der Waals surface area contributed by atoms with Gasteiger partial charge in [-0.05, 0) is 19.3 Å². The van der Waals surface area contributed by atoms with E-state index in [9.17, 15) is 4.79 Å². The third-order valence-corrected chi connectivity index (χ3v) is 2.42. The molecule has 0 aromatic rings. The summed E-state index contributed by atoms with van der Waals surface area (Å²) < 4.78 is 0. The molecule has 0 radical (unpaired) electrons. The molecule has 88 valence electrons.